The lowest BCUT2D eigenvalue weighted by Gasteiger charge is -2.37. The first-order valence-corrected chi connectivity index (χ1v) is 10.1. The van der Waals surface area contributed by atoms with E-state index in [1.165, 1.54) is 12.1 Å². The van der Waals surface area contributed by atoms with Gasteiger partial charge in [-0.15, -0.1) is 37.1 Å². The maximum atomic E-state index is 12.4. The number of halogens is 4. The first-order chi connectivity index (χ1) is 14.4. The maximum absolute atomic E-state index is 12.4. The van der Waals surface area contributed by atoms with Crippen molar-refractivity contribution in [3.05, 3.63) is 29.8 Å². The van der Waals surface area contributed by atoms with Crippen molar-refractivity contribution in [2.45, 2.75) is 31.7 Å². The highest BCUT2D eigenvalue weighted by Crippen LogP contribution is 2.22. The Hall–Kier alpha value is -1.76. The van der Waals surface area contributed by atoms with Crippen molar-refractivity contribution >= 4 is 35.8 Å². The average Bonchev–Trinajstić information content (AvgIpc) is 3.26. The van der Waals surface area contributed by atoms with Crippen LogP contribution in [0.4, 0.5) is 13.2 Å². The van der Waals surface area contributed by atoms with E-state index in [1.54, 1.807) is 19.2 Å². The number of nitrogens with one attached hydrogen (secondary N) is 1. The van der Waals surface area contributed by atoms with Crippen molar-refractivity contribution < 1.29 is 27.4 Å². The zero-order valence-corrected chi connectivity index (χ0v) is 19.7. The molecule has 0 bridgehead atoms. The number of carbonyl (C=O) groups excluding carboxylic acids is 1. The predicted octanol–water partition coefficient (Wildman–Crippen LogP) is 2.64. The Kier molecular flexibility index (Phi) is 9.66. The van der Waals surface area contributed by atoms with E-state index in [0.29, 0.717) is 45.8 Å². The lowest BCUT2D eigenvalue weighted by atomic mass is 10.1. The van der Waals surface area contributed by atoms with Gasteiger partial charge in [-0.25, -0.2) is 0 Å². The summed E-state index contributed by atoms with van der Waals surface area (Å²) in [6, 6.07) is 5.84. The Morgan fingerprint density at radius 1 is 1.19 bits per heavy atom. The summed E-state index contributed by atoms with van der Waals surface area (Å²) in [5, 5.41) is 3.28. The lowest BCUT2D eigenvalue weighted by molar-refractivity contribution is -0.274. The Bertz CT molecular complexity index is 732. The SMILES string of the molecule is CN=C(NCCc1ccc(OC(F)(F)F)cc1)N1CCN(C(=O)C2CCCO2)CC1.I. The van der Waals surface area contributed by atoms with Crippen LogP contribution in [0.2, 0.25) is 0 Å². The van der Waals surface area contributed by atoms with E-state index in [4.69, 9.17) is 4.74 Å². The second kappa shape index (κ2) is 11.7. The van der Waals surface area contributed by atoms with Gasteiger partial charge in [0.05, 0.1) is 0 Å². The van der Waals surface area contributed by atoms with Crippen molar-refractivity contribution in [2.75, 3.05) is 46.4 Å². The molecule has 0 radical (unpaired) electrons. The number of guanidine groups is 1. The van der Waals surface area contributed by atoms with Gasteiger partial charge in [0.1, 0.15) is 11.9 Å². The minimum Gasteiger partial charge on any atom is -0.406 e. The number of benzene rings is 1. The topological polar surface area (TPSA) is 66.4 Å². The molecule has 2 saturated heterocycles. The smallest absolute Gasteiger partial charge is 0.406 e. The van der Waals surface area contributed by atoms with Gasteiger partial charge >= 0.3 is 6.36 Å². The van der Waals surface area contributed by atoms with Gasteiger partial charge in [0.25, 0.3) is 5.91 Å². The average molecular weight is 556 g/mol. The van der Waals surface area contributed by atoms with E-state index >= 15 is 0 Å². The number of amides is 1. The number of alkyl halides is 3. The monoisotopic (exact) mass is 556 g/mol. The fourth-order valence-corrected chi connectivity index (χ4v) is 3.62. The first-order valence-electron chi connectivity index (χ1n) is 10.1. The van der Waals surface area contributed by atoms with Crippen LogP contribution in [0.15, 0.2) is 29.3 Å². The molecule has 0 saturated carbocycles. The number of piperazine rings is 1. The number of rotatable bonds is 5. The minimum absolute atomic E-state index is 0. The summed E-state index contributed by atoms with van der Waals surface area (Å²) in [4.78, 5) is 20.7. The van der Waals surface area contributed by atoms with Gasteiger partial charge in [0.2, 0.25) is 0 Å². The summed E-state index contributed by atoms with van der Waals surface area (Å²) < 4.78 is 46.0. The van der Waals surface area contributed by atoms with Gasteiger partial charge in [-0.1, -0.05) is 12.1 Å². The van der Waals surface area contributed by atoms with Crippen LogP contribution in [0.3, 0.4) is 0 Å². The summed E-state index contributed by atoms with van der Waals surface area (Å²) in [6.07, 6.45) is -2.62. The molecule has 2 aliphatic heterocycles. The van der Waals surface area contributed by atoms with E-state index in [9.17, 15) is 18.0 Å². The normalized spacial score (nSPS) is 19.7. The Morgan fingerprint density at radius 3 is 2.39 bits per heavy atom. The van der Waals surface area contributed by atoms with Gasteiger partial charge in [0.15, 0.2) is 5.96 Å². The number of hydrogen-bond donors (Lipinski definition) is 1. The molecule has 0 aliphatic carbocycles. The molecular weight excluding hydrogens is 528 g/mol. The van der Waals surface area contributed by atoms with E-state index < -0.39 is 6.36 Å². The molecule has 2 fully saturated rings. The number of ether oxygens (including phenoxy) is 2. The molecule has 2 heterocycles. The van der Waals surface area contributed by atoms with Crippen molar-refractivity contribution in [2.24, 2.45) is 4.99 Å². The van der Waals surface area contributed by atoms with Crippen LogP contribution in [0.25, 0.3) is 0 Å². The van der Waals surface area contributed by atoms with Crippen LogP contribution in [0, 0.1) is 0 Å². The van der Waals surface area contributed by atoms with Crippen molar-refractivity contribution in [1.82, 2.24) is 15.1 Å². The van der Waals surface area contributed by atoms with E-state index in [2.05, 4.69) is 19.9 Å². The molecule has 174 valence electrons. The molecule has 7 nitrogen and oxygen atoms in total. The Labute approximate surface area is 197 Å². The summed E-state index contributed by atoms with van der Waals surface area (Å²) >= 11 is 0. The predicted molar refractivity (Wildman–Crippen MR) is 121 cm³/mol. The molecule has 1 aromatic carbocycles. The first kappa shape index (κ1) is 25.5. The molecule has 0 aromatic heterocycles. The molecular formula is C20H28F3IN4O3. The number of nitrogens with zero attached hydrogens (tertiary/aromatic N) is 3. The van der Waals surface area contributed by atoms with Crippen LogP contribution < -0.4 is 10.1 Å². The highest BCUT2D eigenvalue weighted by atomic mass is 127. The van der Waals surface area contributed by atoms with Crippen molar-refractivity contribution in [3.63, 3.8) is 0 Å². The van der Waals surface area contributed by atoms with Gasteiger partial charge in [-0.05, 0) is 37.0 Å². The maximum Gasteiger partial charge on any atom is 0.573 e. The fourth-order valence-electron chi connectivity index (χ4n) is 3.62. The second-order valence-corrected chi connectivity index (χ2v) is 7.23. The number of carbonyl (C=O) groups is 1. The molecule has 1 N–H and O–H groups in total. The molecule has 2 aliphatic rings. The van der Waals surface area contributed by atoms with Gasteiger partial charge in [-0.3, -0.25) is 9.79 Å². The quantitative estimate of drug-likeness (QED) is 0.344. The number of hydrogen-bond acceptors (Lipinski definition) is 4. The molecule has 0 spiro atoms. The summed E-state index contributed by atoms with van der Waals surface area (Å²) in [7, 11) is 1.70. The molecule has 31 heavy (non-hydrogen) atoms. The van der Waals surface area contributed by atoms with Crippen LogP contribution >= 0.6 is 24.0 Å². The molecule has 1 aromatic rings. The minimum atomic E-state index is -4.69. The molecule has 3 rings (SSSR count). The van der Waals surface area contributed by atoms with Crippen molar-refractivity contribution in [3.8, 4) is 5.75 Å². The molecule has 1 atom stereocenters. The van der Waals surface area contributed by atoms with Gasteiger partial charge < -0.3 is 24.6 Å². The molecule has 1 unspecified atom stereocenters. The van der Waals surface area contributed by atoms with Crippen LogP contribution in [-0.4, -0.2) is 80.5 Å². The summed E-state index contributed by atoms with van der Waals surface area (Å²) in [5.41, 5.74) is 0.888. The highest BCUT2D eigenvalue weighted by molar-refractivity contribution is 14.0. The third-order valence-corrected chi connectivity index (χ3v) is 5.16. The zero-order valence-electron chi connectivity index (χ0n) is 17.4. The Balaban J connectivity index is 0.00000341. The molecule has 11 heteroatoms. The van der Waals surface area contributed by atoms with E-state index in [0.717, 1.165) is 24.4 Å². The van der Waals surface area contributed by atoms with Gasteiger partial charge in [-0.2, -0.15) is 0 Å². The van der Waals surface area contributed by atoms with Crippen molar-refractivity contribution in [1.29, 1.82) is 0 Å². The standard InChI is InChI=1S/C20H27F3N4O3.HI/c1-24-19(25-9-8-15-4-6-16(7-5-15)30-20(21,22)23)27-12-10-26(11-13-27)18(28)17-3-2-14-29-17;/h4-7,17H,2-3,8-14H2,1H3,(H,24,25);1H. The Morgan fingerprint density at radius 2 is 1.84 bits per heavy atom. The summed E-state index contributed by atoms with van der Waals surface area (Å²) in [6.45, 7) is 3.86. The third-order valence-electron chi connectivity index (χ3n) is 5.16. The largest absolute Gasteiger partial charge is 0.573 e. The third kappa shape index (κ3) is 7.70. The zero-order chi connectivity index (χ0) is 21.6. The van der Waals surface area contributed by atoms with Gasteiger partial charge in [0, 0.05) is 46.4 Å². The van der Waals surface area contributed by atoms with E-state index in [1.807, 2.05) is 4.90 Å². The molecule has 1 amide bonds. The van der Waals surface area contributed by atoms with Crippen LogP contribution in [-0.2, 0) is 16.0 Å². The summed E-state index contributed by atoms with van der Waals surface area (Å²) in [5.74, 6) is 0.592. The van der Waals surface area contributed by atoms with Crippen LogP contribution in [0.5, 0.6) is 5.75 Å². The fraction of sp³-hybridized carbons (Fsp3) is 0.600. The van der Waals surface area contributed by atoms with Crippen LogP contribution in [0.1, 0.15) is 18.4 Å². The highest BCUT2D eigenvalue weighted by Gasteiger charge is 2.31. The second-order valence-electron chi connectivity index (χ2n) is 7.23. The lowest BCUT2D eigenvalue weighted by Crippen LogP contribution is -2.55. The van der Waals surface area contributed by atoms with E-state index in [-0.39, 0.29) is 41.7 Å². The number of aliphatic imine (C=N–C) groups is 1.